The van der Waals surface area contributed by atoms with Crippen LogP contribution in [-0.4, -0.2) is 49.2 Å². The molecule has 0 fully saturated rings. The number of benzene rings is 2. The molecule has 0 radical (unpaired) electrons. The van der Waals surface area contributed by atoms with E-state index in [-0.39, 0.29) is 24.7 Å². The number of hydrogen-bond acceptors (Lipinski definition) is 7. The van der Waals surface area contributed by atoms with E-state index in [2.05, 4.69) is 4.74 Å². The predicted molar refractivity (Wildman–Crippen MR) is 105 cm³/mol. The van der Waals surface area contributed by atoms with E-state index in [4.69, 9.17) is 21.1 Å². The molecular weight excluding hydrogens is 461 g/mol. The van der Waals surface area contributed by atoms with E-state index in [1.165, 1.54) is 14.2 Å². The highest BCUT2D eigenvalue weighted by molar-refractivity contribution is 6.31. The predicted octanol–water partition coefficient (Wildman–Crippen LogP) is 4.91. The molecule has 0 aromatic heterocycles. The maximum atomic E-state index is 12.8. The molecule has 13 heteroatoms. The number of nitrogens with zero attached hydrogens (tertiary/aromatic N) is 2. The van der Waals surface area contributed by atoms with Gasteiger partial charge in [0.1, 0.15) is 23.7 Å². The molecule has 2 rings (SSSR count). The maximum Gasteiger partial charge on any atom is 0.417 e. The number of esters is 1. The van der Waals surface area contributed by atoms with E-state index >= 15 is 0 Å². The van der Waals surface area contributed by atoms with Crippen molar-refractivity contribution in [3.8, 4) is 11.5 Å². The van der Waals surface area contributed by atoms with E-state index in [1.54, 1.807) is 0 Å². The van der Waals surface area contributed by atoms with Crippen molar-refractivity contribution in [2.24, 2.45) is 0 Å². The first-order valence-corrected chi connectivity index (χ1v) is 9.11. The van der Waals surface area contributed by atoms with Crippen molar-refractivity contribution in [1.29, 1.82) is 0 Å². The average Bonchev–Trinajstić information content (AvgIpc) is 2.71. The molecule has 2 aromatic carbocycles. The molecule has 0 spiro atoms. The molecule has 0 bridgehead atoms. The second-order valence-corrected chi connectivity index (χ2v) is 6.61. The van der Waals surface area contributed by atoms with Crippen LogP contribution in [0.4, 0.5) is 23.7 Å². The Morgan fingerprint density at radius 3 is 2.34 bits per heavy atom. The standard InChI is InChI=1S/C19H16ClF3N2O7/c1-24(18(27)30-2)7-8-31-17(26)13-9-11(4-6-16(13)25(28)29)32-12-3-5-14(15(20)10-12)19(21,22)23/h3-6,9-10H,7-8H2,1-2H3. The maximum absolute atomic E-state index is 12.8. The summed E-state index contributed by atoms with van der Waals surface area (Å²) in [5.74, 6) is -1.23. The van der Waals surface area contributed by atoms with Crippen LogP contribution in [0.25, 0.3) is 0 Å². The van der Waals surface area contributed by atoms with Crippen LogP contribution in [0.5, 0.6) is 11.5 Å². The number of alkyl halides is 3. The lowest BCUT2D eigenvalue weighted by Crippen LogP contribution is -2.30. The first kappa shape index (κ1) is 24.7. The molecule has 0 saturated carbocycles. The smallest absolute Gasteiger partial charge is 0.417 e. The van der Waals surface area contributed by atoms with Gasteiger partial charge in [-0.2, -0.15) is 13.2 Å². The summed E-state index contributed by atoms with van der Waals surface area (Å²) in [6.07, 6.45) is -5.32. The molecule has 0 aliphatic carbocycles. The monoisotopic (exact) mass is 476 g/mol. The molecule has 0 N–H and O–H groups in total. The number of carbonyl (C=O) groups is 2. The van der Waals surface area contributed by atoms with Crippen LogP contribution < -0.4 is 4.74 Å². The second kappa shape index (κ2) is 10.2. The number of methoxy groups -OCH3 is 1. The largest absolute Gasteiger partial charge is 0.460 e. The summed E-state index contributed by atoms with van der Waals surface area (Å²) in [5.41, 5.74) is -2.09. The van der Waals surface area contributed by atoms with Gasteiger partial charge in [-0.05, 0) is 18.2 Å². The number of nitro benzene ring substituents is 1. The van der Waals surface area contributed by atoms with E-state index in [0.29, 0.717) is 0 Å². The van der Waals surface area contributed by atoms with Crippen molar-refractivity contribution in [3.05, 3.63) is 62.7 Å². The van der Waals surface area contributed by atoms with E-state index < -0.39 is 45.0 Å². The quantitative estimate of drug-likeness (QED) is 0.317. The number of halogens is 4. The van der Waals surface area contributed by atoms with Gasteiger partial charge in [-0.1, -0.05) is 11.6 Å². The third-order valence-electron chi connectivity index (χ3n) is 4.01. The molecule has 172 valence electrons. The molecule has 0 heterocycles. The fraction of sp³-hybridized carbons (Fsp3) is 0.263. The summed E-state index contributed by atoms with van der Waals surface area (Å²) >= 11 is 5.64. The van der Waals surface area contributed by atoms with Crippen LogP contribution in [0.1, 0.15) is 15.9 Å². The highest BCUT2D eigenvalue weighted by Gasteiger charge is 2.33. The van der Waals surface area contributed by atoms with Gasteiger partial charge in [-0.25, -0.2) is 9.59 Å². The molecule has 1 amide bonds. The van der Waals surface area contributed by atoms with Crippen molar-refractivity contribution in [1.82, 2.24) is 4.90 Å². The molecular formula is C19H16ClF3N2O7. The van der Waals surface area contributed by atoms with Gasteiger partial charge in [0.25, 0.3) is 5.69 Å². The van der Waals surface area contributed by atoms with Crippen LogP contribution >= 0.6 is 11.6 Å². The summed E-state index contributed by atoms with van der Waals surface area (Å²) in [4.78, 5) is 35.2. The lowest BCUT2D eigenvalue weighted by atomic mass is 10.1. The summed E-state index contributed by atoms with van der Waals surface area (Å²) < 4.78 is 53.3. The van der Waals surface area contributed by atoms with Crippen LogP contribution in [0.15, 0.2) is 36.4 Å². The van der Waals surface area contributed by atoms with Crippen LogP contribution in [0, 0.1) is 10.1 Å². The molecule has 0 saturated heterocycles. The first-order chi connectivity index (χ1) is 14.9. The number of likely N-dealkylation sites (N-methyl/N-ethyl adjacent to an activating group) is 1. The number of ether oxygens (including phenoxy) is 3. The van der Waals surface area contributed by atoms with Gasteiger partial charge >= 0.3 is 18.2 Å². The first-order valence-electron chi connectivity index (χ1n) is 8.73. The Morgan fingerprint density at radius 1 is 1.16 bits per heavy atom. The zero-order valence-electron chi connectivity index (χ0n) is 16.6. The fourth-order valence-corrected chi connectivity index (χ4v) is 2.70. The van der Waals surface area contributed by atoms with Gasteiger partial charge in [-0.3, -0.25) is 10.1 Å². The minimum atomic E-state index is -4.65. The number of rotatable bonds is 7. The van der Waals surface area contributed by atoms with Gasteiger partial charge < -0.3 is 19.1 Å². The molecule has 0 aliphatic heterocycles. The van der Waals surface area contributed by atoms with Crippen LogP contribution in [0.2, 0.25) is 5.02 Å². The van der Waals surface area contributed by atoms with E-state index in [1.807, 2.05) is 0 Å². The minimum absolute atomic E-state index is 0.0353. The number of nitro groups is 1. The highest BCUT2D eigenvalue weighted by atomic mass is 35.5. The molecule has 9 nitrogen and oxygen atoms in total. The Morgan fingerprint density at radius 2 is 1.78 bits per heavy atom. The van der Waals surface area contributed by atoms with Crippen molar-refractivity contribution < 1.29 is 41.9 Å². The molecule has 0 aliphatic rings. The minimum Gasteiger partial charge on any atom is -0.460 e. The van der Waals surface area contributed by atoms with Crippen LogP contribution in [-0.2, 0) is 15.7 Å². The summed E-state index contributed by atoms with van der Waals surface area (Å²) in [6, 6.07) is 5.80. The third-order valence-corrected chi connectivity index (χ3v) is 4.33. The third kappa shape index (κ3) is 6.23. The molecule has 0 unspecified atom stereocenters. The Bertz CT molecular complexity index is 1030. The van der Waals surface area contributed by atoms with Crippen LogP contribution in [0.3, 0.4) is 0 Å². The van der Waals surface area contributed by atoms with E-state index in [0.717, 1.165) is 41.3 Å². The summed E-state index contributed by atoms with van der Waals surface area (Å²) in [6.45, 7) is -0.312. The van der Waals surface area contributed by atoms with Crippen molar-refractivity contribution in [2.45, 2.75) is 6.18 Å². The van der Waals surface area contributed by atoms with Crippen molar-refractivity contribution in [2.75, 3.05) is 27.3 Å². The SMILES string of the molecule is COC(=O)N(C)CCOC(=O)c1cc(Oc2ccc(C(F)(F)F)c(Cl)c2)ccc1[N+](=O)[O-]. The fourth-order valence-electron chi connectivity index (χ4n) is 2.43. The molecule has 0 atom stereocenters. The van der Waals surface area contributed by atoms with Crippen molar-refractivity contribution >= 4 is 29.4 Å². The number of carbonyl (C=O) groups excluding carboxylic acids is 2. The van der Waals surface area contributed by atoms with Gasteiger partial charge in [0, 0.05) is 25.2 Å². The topological polar surface area (TPSA) is 108 Å². The zero-order valence-corrected chi connectivity index (χ0v) is 17.4. The van der Waals surface area contributed by atoms with E-state index in [9.17, 15) is 32.9 Å². The van der Waals surface area contributed by atoms with Gasteiger partial charge in [-0.15, -0.1) is 0 Å². The Hall–Kier alpha value is -3.54. The number of hydrogen-bond donors (Lipinski definition) is 0. The Labute approximate surface area is 184 Å². The molecule has 32 heavy (non-hydrogen) atoms. The summed E-state index contributed by atoms with van der Waals surface area (Å²) in [7, 11) is 2.56. The lowest BCUT2D eigenvalue weighted by molar-refractivity contribution is -0.385. The second-order valence-electron chi connectivity index (χ2n) is 6.21. The number of amides is 1. The normalized spacial score (nSPS) is 10.9. The molecule has 2 aromatic rings. The lowest BCUT2D eigenvalue weighted by Gasteiger charge is -2.15. The Balaban J connectivity index is 2.20. The van der Waals surface area contributed by atoms with Crippen molar-refractivity contribution in [3.63, 3.8) is 0 Å². The Kier molecular flexibility index (Phi) is 7.87. The zero-order chi connectivity index (χ0) is 24.1. The van der Waals surface area contributed by atoms with Gasteiger partial charge in [0.15, 0.2) is 0 Å². The van der Waals surface area contributed by atoms with Gasteiger partial charge in [0.05, 0.1) is 29.2 Å². The van der Waals surface area contributed by atoms with Gasteiger partial charge in [0.2, 0.25) is 0 Å². The summed E-state index contributed by atoms with van der Waals surface area (Å²) in [5, 5.41) is 10.6. The highest BCUT2D eigenvalue weighted by Crippen LogP contribution is 2.37. The average molecular weight is 477 g/mol.